The molecule has 0 aliphatic carbocycles. The molecule has 0 saturated heterocycles. The van der Waals surface area contributed by atoms with Gasteiger partial charge < -0.3 is 4.42 Å². The molecule has 0 aliphatic heterocycles. The van der Waals surface area contributed by atoms with Gasteiger partial charge in [-0.15, -0.1) is 28.2 Å². The number of hydrogen-bond donors (Lipinski definition) is 1. The highest BCUT2D eigenvalue weighted by atomic mass is 32.2. The molecule has 0 saturated carbocycles. The Morgan fingerprint density at radius 3 is 2.83 bits per heavy atom. The summed E-state index contributed by atoms with van der Waals surface area (Å²) in [6.07, 6.45) is 1.96. The van der Waals surface area contributed by atoms with Crippen LogP contribution >= 0.6 is 23.1 Å². The summed E-state index contributed by atoms with van der Waals surface area (Å²) in [5.41, 5.74) is 1.38. The zero-order valence-electron chi connectivity index (χ0n) is 12.8. The Labute approximate surface area is 141 Å². The van der Waals surface area contributed by atoms with Crippen molar-refractivity contribution in [3.8, 4) is 10.8 Å². The van der Waals surface area contributed by atoms with E-state index in [-0.39, 0.29) is 11.9 Å². The standard InChI is InChI=1S/C15H14N4O2S2/c1-8-12(23-9(2)16-8)14-18-19-15(21-14)17-13(20)10-5-4-6-11(7-10)22-3/h4-7H,1-3H3,(H,17,19,20). The van der Waals surface area contributed by atoms with E-state index in [0.29, 0.717) is 11.5 Å². The van der Waals surface area contributed by atoms with Crippen molar-refractivity contribution in [2.45, 2.75) is 18.7 Å². The Kier molecular flexibility index (Phi) is 4.44. The molecule has 6 nitrogen and oxygen atoms in total. The molecular weight excluding hydrogens is 332 g/mol. The van der Waals surface area contributed by atoms with Crippen LogP contribution in [0.25, 0.3) is 10.8 Å². The summed E-state index contributed by atoms with van der Waals surface area (Å²) in [4.78, 5) is 18.4. The summed E-state index contributed by atoms with van der Waals surface area (Å²) in [5.74, 6) is 0.0783. The minimum absolute atomic E-state index is 0.0741. The van der Waals surface area contributed by atoms with E-state index in [4.69, 9.17) is 4.42 Å². The van der Waals surface area contributed by atoms with E-state index in [9.17, 15) is 4.79 Å². The largest absolute Gasteiger partial charge is 0.402 e. The van der Waals surface area contributed by atoms with Crippen molar-refractivity contribution < 1.29 is 9.21 Å². The molecule has 8 heteroatoms. The highest BCUT2D eigenvalue weighted by molar-refractivity contribution is 7.98. The summed E-state index contributed by atoms with van der Waals surface area (Å²) >= 11 is 3.05. The molecule has 0 fully saturated rings. The van der Waals surface area contributed by atoms with Crippen LogP contribution in [0.15, 0.2) is 33.6 Å². The number of thiazole rings is 1. The van der Waals surface area contributed by atoms with Gasteiger partial charge in [-0.1, -0.05) is 11.2 Å². The molecule has 3 aromatic rings. The summed E-state index contributed by atoms with van der Waals surface area (Å²) in [7, 11) is 0. The predicted molar refractivity (Wildman–Crippen MR) is 91.1 cm³/mol. The maximum absolute atomic E-state index is 12.2. The maximum atomic E-state index is 12.2. The number of amides is 1. The normalized spacial score (nSPS) is 10.7. The average Bonchev–Trinajstić information content (AvgIpc) is 3.13. The molecule has 1 N–H and O–H groups in total. The van der Waals surface area contributed by atoms with Crippen LogP contribution in [0.2, 0.25) is 0 Å². The van der Waals surface area contributed by atoms with Gasteiger partial charge in [-0.3, -0.25) is 10.1 Å². The molecule has 1 aromatic carbocycles. The fraction of sp³-hybridized carbons (Fsp3) is 0.200. The Hall–Kier alpha value is -2.19. The second-order valence-corrected chi connectivity index (χ2v) is 6.83. The Bertz CT molecular complexity index is 857. The van der Waals surface area contributed by atoms with Crippen molar-refractivity contribution in [3.05, 3.63) is 40.5 Å². The lowest BCUT2D eigenvalue weighted by Crippen LogP contribution is -2.12. The molecule has 2 heterocycles. The smallest absolute Gasteiger partial charge is 0.322 e. The van der Waals surface area contributed by atoms with E-state index in [1.807, 2.05) is 38.3 Å². The number of benzene rings is 1. The van der Waals surface area contributed by atoms with Gasteiger partial charge in [0.2, 0.25) is 0 Å². The molecule has 0 aliphatic rings. The molecule has 0 atom stereocenters. The average molecular weight is 346 g/mol. The van der Waals surface area contributed by atoms with Gasteiger partial charge in [0, 0.05) is 10.5 Å². The van der Waals surface area contributed by atoms with Crippen LogP contribution in [0, 0.1) is 13.8 Å². The number of hydrogen-bond acceptors (Lipinski definition) is 7. The van der Waals surface area contributed by atoms with Crippen LogP contribution < -0.4 is 5.32 Å². The van der Waals surface area contributed by atoms with Crippen LogP contribution in [0.1, 0.15) is 21.1 Å². The molecule has 3 rings (SSSR count). The number of thioether (sulfide) groups is 1. The number of aryl methyl sites for hydroxylation is 2. The van der Waals surface area contributed by atoms with Gasteiger partial charge in [0.25, 0.3) is 11.8 Å². The van der Waals surface area contributed by atoms with Gasteiger partial charge in [0.15, 0.2) is 0 Å². The molecule has 118 valence electrons. The lowest BCUT2D eigenvalue weighted by atomic mass is 10.2. The minimum Gasteiger partial charge on any atom is -0.402 e. The Balaban J connectivity index is 1.78. The van der Waals surface area contributed by atoms with Crippen molar-refractivity contribution in [3.63, 3.8) is 0 Å². The number of rotatable bonds is 4. The number of nitrogens with zero attached hydrogens (tertiary/aromatic N) is 3. The summed E-state index contributed by atoms with van der Waals surface area (Å²) in [6, 6.07) is 7.41. The first-order valence-corrected chi connectivity index (χ1v) is 8.84. The van der Waals surface area contributed by atoms with Crippen LogP contribution in [-0.2, 0) is 0 Å². The number of carbonyl (C=O) groups is 1. The molecule has 0 spiro atoms. The zero-order chi connectivity index (χ0) is 16.4. The number of nitrogens with one attached hydrogen (secondary N) is 1. The molecule has 23 heavy (non-hydrogen) atoms. The van der Waals surface area contributed by atoms with Crippen molar-refractivity contribution in [2.24, 2.45) is 0 Å². The van der Waals surface area contributed by atoms with Gasteiger partial charge in [-0.25, -0.2) is 4.98 Å². The molecule has 2 aromatic heterocycles. The lowest BCUT2D eigenvalue weighted by Gasteiger charge is -2.02. The number of carbonyl (C=O) groups excluding carboxylic acids is 1. The first kappa shape index (κ1) is 15.7. The van der Waals surface area contributed by atoms with Gasteiger partial charge in [0.05, 0.1) is 10.7 Å². The van der Waals surface area contributed by atoms with Crippen LogP contribution in [0.5, 0.6) is 0 Å². The maximum Gasteiger partial charge on any atom is 0.322 e. The zero-order valence-corrected chi connectivity index (χ0v) is 14.4. The van der Waals surface area contributed by atoms with Crippen LogP contribution in [0.4, 0.5) is 6.01 Å². The summed E-state index contributed by atoms with van der Waals surface area (Å²) < 4.78 is 5.52. The van der Waals surface area contributed by atoms with E-state index in [0.717, 1.165) is 20.5 Å². The fourth-order valence-electron chi connectivity index (χ4n) is 2.03. The topological polar surface area (TPSA) is 80.9 Å². The van der Waals surface area contributed by atoms with Crippen molar-refractivity contribution >= 4 is 35.0 Å². The van der Waals surface area contributed by atoms with Gasteiger partial charge in [0.1, 0.15) is 4.88 Å². The third-order valence-corrected chi connectivity index (χ3v) is 4.86. The molecule has 0 radical (unpaired) electrons. The van der Waals surface area contributed by atoms with E-state index in [1.165, 1.54) is 11.3 Å². The summed E-state index contributed by atoms with van der Waals surface area (Å²) in [5, 5.41) is 11.4. The van der Waals surface area contributed by atoms with Gasteiger partial charge in [-0.05, 0) is 38.3 Å². The number of anilines is 1. The first-order chi connectivity index (χ1) is 11.1. The SMILES string of the molecule is CSc1cccc(C(=O)Nc2nnc(-c3sc(C)nc3C)o2)c1. The van der Waals surface area contributed by atoms with E-state index >= 15 is 0 Å². The third-order valence-electron chi connectivity index (χ3n) is 3.08. The molecule has 1 amide bonds. The Morgan fingerprint density at radius 2 is 2.13 bits per heavy atom. The molecular formula is C15H14N4O2S2. The van der Waals surface area contributed by atoms with E-state index in [2.05, 4.69) is 20.5 Å². The fourth-order valence-corrected chi connectivity index (χ4v) is 3.33. The Morgan fingerprint density at radius 1 is 1.30 bits per heavy atom. The quantitative estimate of drug-likeness (QED) is 0.724. The highest BCUT2D eigenvalue weighted by Gasteiger charge is 2.16. The minimum atomic E-state index is -0.284. The highest BCUT2D eigenvalue weighted by Crippen LogP contribution is 2.29. The predicted octanol–water partition coefficient (Wildman–Crippen LogP) is 3.78. The van der Waals surface area contributed by atoms with Crippen molar-refractivity contribution in [1.29, 1.82) is 0 Å². The van der Waals surface area contributed by atoms with Crippen LogP contribution in [-0.4, -0.2) is 27.3 Å². The second-order valence-electron chi connectivity index (χ2n) is 4.75. The second kappa shape index (κ2) is 6.51. The lowest BCUT2D eigenvalue weighted by molar-refractivity contribution is 0.102. The molecule has 0 unspecified atom stereocenters. The van der Waals surface area contributed by atoms with E-state index < -0.39 is 0 Å². The number of aromatic nitrogens is 3. The van der Waals surface area contributed by atoms with Crippen molar-refractivity contribution in [1.82, 2.24) is 15.2 Å². The monoisotopic (exact) mass is 346 g/mol. The van der Waals surface area contributed by atoms with Crippen LogP contribution in [0.3, 0.4) is 0 Å². The first-order valence-electron chi connectivity index (χ1n) is 6.80. The third kappa shape index (κ3) is 3.43. The summed E-state index contributed by atoms with van der Waals surface area (Å²) in [6.45, 7) is 3.80. The molecule has 0 bridgehead atoms. The van der Waals surface area contributed by atoms with Gasteiger partial charge >= 0.3 is 6.01 Å². The van der Waals surface area contributed by atoms with Gasteiger partial charge in [-0.2, -0.15) is 0 Å². The van der Waals surface area contributed by atoms with E-state index in [1.54, 1.807) is 17.8 Å². The van der Waals surface area contributed by atoms with Crippen molar-refractivity contribution in [2.75, 3.05) is 11.6 Å².